The van der Waals surface area contributed by atoms with Crippen molar-refractivity contribution in [2.45, 2.75) is 31.3 Å². The van der Waals surface area contributed by atoms with Crippen molar-refractivity contribution in [1.82, 2.24) is 5.32 Å². The van der Waals surface area contributed by atoms with E-state index in [0.29, 0.717) is 12.5 Å². The lowest BCUT2D eigenvalue weighted by Gasteiger charge is -2.44. The van der Waals surface area contributed by atoms with Crippen LogP contribution in [-0.2, 0) is 5.54 Å². The van der Waals surface area contributed by atoms with Crippen LogP contribution in [-0.4, -0.2) is 18.0 Å². The first-order chi connectivity index (χ1) is 13.1. The van der Waals surface area contributed by atoms with Crippen molar-refractivity contribution in [1.29, 1.82) is 0 Å². The fraction of sp³-hybridized carbons (Fsp3) is 0.292. The smallest absolute Gasteiger partial charge is 0.145 e. The summed E-state index contributed by atoms with van der Waals surface area (Å²) >= 11 is 0. The SMILES string of the molecule is C[C@@]1(C2C=CC=CC2)NC(COc2ccccc2)=N[C@]1(C)c1ccccc1. The molecular formula is C24H26N2O. The minimum Gasteiger partial charge on any atom is -0.486 e. The Labute approximate surface area is 161 Å². The van der Waals surface area contributed by atoms with Crippen molar-refractivity contribution in [3.63, 3.8) is 0 Å². The van der Waals surface area contributed by atoms with Gasteiger partial charge in [-0.3, -0.25) is 4.99 Å². The highest BCUT2D eigenvalue weighted by Crippen LogP contribution is 2.46. The molecule has 0 fully saturated rings. The Kier molecular flexibility index (Phi) is 4.61. The molecule has 3 nitrogen and oxygen atoms in total. The van der Waals surface area contributed by atoms with E-state index in [2.05, 4.69) is 73.8 Å². The number of hydrogen-bond acceptors (Lipinski definition) is 3. The quantitative estimate of drug-likeness (QED) is 0.827. The van der Waals surface area contributed by atoms with Crippen molar-refractivity contribution in [3.8, 4) is 5.75 Å². The summed E-state index contributed by atoms with van der Waals surface area (Å²) in [4.78, 5) is 5.16. The first-order valence-electron chi connectivity index (χ1n) is 9.55. The van der Waals surface area contributed by atoms with Crippen LogP contribution in [0, 0.1) is 5.92 Å². The highest BCUT2D eigenvalue weighted by Gasteiger charge is 2.54. The van der Waals surface area contributed by atoms with E-state index in [9.17, 15) is 0 Å². The van der Waals surface area contributed by atoms with E-state index in [-0.39, 0.29) is 11.1 Å². The van der Waals surface area contributed by atoms with Gasteiger partial charge >= 0.3 is 0 Å². The Morgan fingerprint density at radius 2 is 1.70 bits per heavy atom. The lowest BCUT2D eigenvalue weighted by atomic mass is 9.67. The summed E-state index contributed by atoms with van der Waals surface area (Å²) < 4.78 is 5.97. The minimum atomic E-state index is -0.371. The molecule has 2 aromatic rings. The fourth-order valence-electron chi connectivity index (χ4n) is 4.16. The standard InChI is InChI=1S/C24H26N2O/c1-23(19-12-6-3-7-13-19)24(2,20-14-8-4-9-15-20)26-22(25-23)18-27-21-16-10-5-11-17-21/h3-14,16-17,20H,15,18H2,1-2H3,(H,25,26)/t20?,23-,24+/m1/s1. The Balaban J connectivity index is 1.65. The highest BCUT2D eigenvalue weighted by molar-refractivity contribution is 5.87. The van der Waals surface area contributed by atoms with E-state index in [0.717, 1.165) is 18.0 Å². The number of aliphatic imine (C=N–C) groups is 1. The molecule has 0 radical (unpaired) electrons. The Bertz CT molecular complexity index is 872. The van der Waals surface area contributed by atoms with Crippen LogP contribution in [0.3, 0.4) is 0 Å². The maximum atomic E-state index is 5.97. The zero-order valence-corrected chi connectivity index (χ0v) is 15.9. The van der Waals surface area contributed by atoms with Crippen LogP contribution in [0.1, 0.15) is 25.8 Å². The first-order valence-corrected chi connectivity index (χ1v) is 9.55. The van der Waals surface area contributed by atoms with Crippen molar-refractivity contribution in [3.05, 3.63) is 90.5 Å². The summed E-state index contributed by atoms with van der Waals surface area (Å²) in [6, 6.07) is 20.5. The molecule has 1 heterocycles. The molecule has 0 bridgehead atoms. The topological polar surface area (TPSA) is 33.6 Å². The molecule has 0 saturated carbocycles. The normalized spacial score (nSPS) is 29.3. The number of benzene rings is 2. The summed E-state index contributed by atoms with van der Waals surface area (Å²) in [5, 5.41) is 3.74. The maximum absolute atomic E-state index is 5.97. The summed E-state index contributed by atoms with van der Waals surface area (Å²) in [6.45, 7) is 4.96. The van der Waals surface area contributed by atoms with Gasteiger partial charge in [0.15, 0.2) is 0 Å². The van der Waals surface area contributed by atoms with Crippen molar-refractivity contribution in [2.75, 3.05) is 6.61 Å². The molecule has 1 aliphatic heterocycles. The molecule has 27 heavy (non-hydrogen) atoms. The average Bonchev–Trinajstić information content (AvgIpc) is 3.01. The number of ether oxygens (including phenoxy) is 1. The third kappa shape index (κ3) is 3.18. The Morgan fingerprint density at radius 3 is 2.37 bits per heavy atom. The molecule has 0 spiro atoms. The van der Waals surface area contributed by atoms with E-state index in [4.69, 9.17) is 9.73 Å². The monoisotopic (exact) mass is 358 g/mol. The number of hydrogen-bond donors (Lipinski definition) is 1. The highest BCUT2D eigenvalue weighted by atomic mass is 16.5. The number of amidine groups is 1. The lowest BCUT2D eigenvalue weighted by Crippen LogP contribution is -2.57. The van der Waals surface area contributed by atoms with Crippen LogP contribution in [0.4, 0.5) is 0 Å². The second kappa shape index (κ2) is 7.07. The van der Waals surface area contributed by atoms with Crippen LogP contribution in [0.2, 0.25) is 0 Å². The molecule has 2 aliphatic rings. The van der Waals surface area contributed by atoms with Gasteiger partial charge in [-0.15, -0.1) is 0 Å². The van der Waals surface area contributed by atoms with E-state index in [1.54, 1.807) is 0 Å². The summed E-state index contributed by atoms with van der Waals surface area (Å²) in [6.07, 6.45) is 9.80. The molecular weight excluding hydrogens is 332 g/mol. The summed E-state index contributed by atoms with van der Waals surface area (Å²) in [5.74, 6) is 2.11. The minimum absolute atomic E-state index is 0.231. The van der Waals surface area contributed by atoms with Gasteiger partial charge in [-0.2, -0.15) is 0 Å². The predicted octanol–water partition coefficient (Wildman–Crippen LogP) is 4.87. The Morgan fingerprint density at radius 1 is 1.00 bits per heavy atom. The fourth-order valence-corrected chi connectivity index (χ4v) is 4.16. The third-order valence-electron chi connectivity index (χ3n) is 5.95. The zero-order valence-electron chi connectivity index (χ0n) is 15.9. The second-order valence-electron chi connectivity index (χ2n) is 7.58. The van der Waals surface area contributed by atoms with Gasteiger partial charge in [0.05, 0.1) is 5.54 Å². The van der Waals surface area contributed by atoms with Gasteiger partial charge in [-0.1, -0.05) is 72.8 Å². The van der Waals surface area contributed by atoms with Gasteiger partial charge in [0.2, 0.25) is 0 Å². The van der Waals surface area contributed by atoms with Gasteiger partial charge in [0, 0.05) is 5.92 Å². The van der Waals surface area contributed by atoms with E-state index in [1.807, 2.05) is 30.3 Å². The molecule has 0 saturated heterocycles. The molecule has 1 aliphatic carbocycles. The van der Waals surface area contributed by atoms with Crippen molar-refractivity contribution < 1.29 is 4.74 Å². The average molecular weight is 358 g/mol. The van der Waals surface area contributed by atoms with Crippen molar-refractivity contribution in [2.24, 2.45) is 10.9 Å². The number of nitrogens with one attached hydrogen (secondary N) is 1. The molecule has 3 heteroatoms. The molecule has 1 unspecified atom stereocenters. The number of allylic oxidation sites excluding steroid dienone is 3. The van der Waals surface area contributed by atoms with Gasteiger partial charge in [0.25, 0.3) is 0 Å². The maximum Gasteiger partial charge on any atom is 0.145 e. The second-order valence-corrected chi connectivity index (χ2v) is 7.58. The predicted molar refractivity (Wildman–Crippen MR) is 111 cm³/mol. The molecule has 4 rings (SSSR count). The zero-order chi connectivity index (χ0) is 18.7. The van der Waals surface area contributed by atoms with Crippen molar-refractivity contribution >= 4 is 5.84 Å². The Hall–Kier alpha value is -2.81. The third-order valence-corrected chi connectivity index (χ3v) is 5.95. The molecule has 0 aromatic heterocycles. The lowest BCUT2D eigenvalue weighted by molar-refractivity contribution is 0.197. The van der Waals surface area contributed by atoms with E-state index in [1.165, 1.54) is 5.56 Å². The molecule has 3 atom stereocenters. The van der Waals surface area contributed by atoms with Crippen LogP contribution in [0.25, 0.3) is 0 Å². The molecule has 2 aromatic carbocycles. The van der Waals surface area contributed by atoms with E-state index < -0.39 is 0 Å². The number of para-hydroxylation sites is 1. The van der Waals surface area contributed by atoms with E-state index >= 15 is 0 Å². The van der Waals surface area contributed by atoms with Gasteiger partial charge in [-0.05, 0) is 38.0 Å². The first kappa shape index (κ1) is 17.6. The number of nitrogens with zero attached hydrogens (tertiary/aromatic N) is 1. The molecule has 138 valence electrons. The molecule has 1 N–H and O–H groups in total. The molecule has 0 amide bonds. The summed E-state index contributed by atoms with van der Waals surface area (Å²) in [5.41, 5.74) is 0.618. The number of rotatable bonds is 5. The van der Waals surface area contributed by atoms with Crippen LogP contribution < -0.4 is 10.1 Å². The van der Waals surface area contributed by atoms with Gasteiger partial charge < -0.3 is 10.1 Å². The van der Waals surface area contributed by atoms with Crippen LogP contribution >= 0.6 is 0 Å². The van der Waals surface area contributed by atoms with Gasteiger partial charge in [-0.25, -0.2) is 0 Å². The van der Waals surface area contributed by atoms with Gasteiger partial charge in [0.1, 0.15) is 23.7 Å². The van der Waals surface area contributed by atoms with Crippen LogP contribution in [0.15, 0.2) is 90.0 Å². The van der Waals surface area contributed by atoms with Crippen LogP contribution in [0.5, 0.6) is 5.75 Å². The summed E-state index contributed by atoms with van der Waals surface area (Å²) in [7, 11) is 0. The largest absolute Gasteiger partial charge is 0.486 e.